The molecule has 0 bridgehead atoms. The number of pyridine rings is 1. The van der Waals surface area contributed by atoms with E-state index >= 15 is 0 Å². The van der Waals surface area contributed by atoms with Gasteiger partial charge in [-0.25, -0.2) is 0 Å². The molecule has 1 aromatic rings. The second kappa shape index (κ2) is 2.41. The van der Waals surface area contributed by atoms with Crippen molar-refractivity contribution in [1.29, 1.82) is 0 Å². The van der Waals surface area contributed by atoms with Crippen molar-refractivity contribution in [2.45, 2.75) is 11.2 Å². The number of hydrogen-bond donors (Lipinski definition) is 0. The van der Waals surface area contributed by atoms with E-state index in [1.54, 1.807) is 6.20 Å². The van der Waals surface area contributed by atoms with Crippen LogP contribution in [0, 0.1) is 0 Å². The van der Waals surface area contributed by atoms with Crippen LogP contribution in [-0.2, 0) is 6.42 Å². The molecule has 2 rings (SSSR count). The van der Waals surface area contributed by atoms with Gasteiger partial charge in [-0.1, -0.05) is 22.0 Å². The number of fused-ring (bicyclic) bond motifs is 1. The van der Waals surface area contributed by atoms with Crippen LogP contribution in [0.25, 0.3) is 0 Å². The summed E-state index contributed by atoms with van der Waals surface area (Å²) in [6, 6.07) is 3.80. The molecule has 0 radical (unpaired) electrons. The first kappa shape index (κ1) is 6.98. The quantitative estimate of drug-likeness (QED) is 0.611. The molecular formula is C8H6BrNO. The SMILES string of the molecule is O=C1c2ncccc2CC1Br. The Morgan fingerprint density at radius 3 is 3.18 bits per heavy atom. The first-order valence-corrected chi connectivity index (χ1v) is 4.33. The maximum atomic E-state index is 11.3. The van der Waals surface area contributed by atoms with E-state index in [2.05, 4.69) is 20.9 Å². The zero-order valence-electron chi connectivity index (χ0n) is 5.75. The Morgan fingerprint density at radius 1 is 1.64 bits per heavy atom. The standard InChI is InChI=1S/C8H6BrNO/c9-6-4-5-2-1-3-10-7(5)8(6)11/h1-3,6H,4H2. The van der Waals surface area contributed by atoms with Crippen molar-refractivity contribution < 1.29 is 4.79 Å². The fourth-order valence-electron chi connectivity index (χ4n) is 1.26. The summed E-state index contributed by atoms with van der Waals surface area (Å²) in [5, 5.41) is 0. The molecule has 11 heavy (non-hydrogen) atoms. The predicted octanol–water partition coefficient (Wildman–Crippen LogP) is 1.58. The van der Waals surface area contributed by atoms with Gasteiger partial charge in [0.25, 0.3) is 0 Å². The molecule has 1 atom stereocenters. The van der Waals surface area contributed by atoms with E-state index in [-0.39, 0.29) is 10.6 Å². The van der Waals surface area contributed by atoms with Crippen molar-refractivity contribution in [1.82, 2.24) is 4.98 Å². The smallest absolute Gasteiger partial charge is 0.195 e. The zero-order valence-corrected chi connectivity index (χ0v) is 7.34. The van der Waals surface area contributed by atoms with Crippen LogP contribution in [0.15, 0.2) is 18.3 Å². The van der Waals surface area contributed by atoms with Gasteiger partial charge in [-0.15, -0.1) is 0 Å². The lowest BCUT2D eigenvalue weighted by atomic mass is 10.2. The van der Waals surface area contributed by atoms with Crippen LogP contribution in [0.2, 0.25) is 0 Å². The molecule has 0 aromatic carbocycles. The monoisotopic (exact) mass is 211 g/mol. The summed E-state index contributed by atoms with van der Waals surface area (Å²) in [5.74, 6) is 0.112. The Kier molecular flexibility index (Phi) is 1.53. The maximum Gasteiger partial charge on any atom is 0.195 e. The maximum absolute atomic E-state index is 11.3. The van der Waals surface area contributed by atoms with Gasteiger partial charge in [0.15, 0.2) is 5.78 Å². The normalized spacial score (nSPS) is 21.9. The number of Topliss-reactive ketones (excluding diaryl/α,β-unsaturated/α-hetero) is 1. The van der Waals surface area contributed by atoms with E-state index < -0.39 is 0 Å². The number of nitrogens with zero attached hydrogens (tertiary/aromatic N) is 1. The fraction of sp³-hybridized carbons (Fsp3) is 0.250. The summed E-state index contributed by atoms with van der Waals surface area (Å²) < 4.78 is 0. The first-order chi connectivity index (χ1) is 5.29. The van der Waals surface area contributed by atoms with Crippen LogP contribution in [0.4, 0.5) is 0 Å². The molecule has 1 aromatic heterocycles. The van der Waals surface area contributed by atoms with Crippen LogP contribution >= 0.6 is 15.9 Å². The van der Waals surface area contributed by atoms with Gasteiger partial charge in [0.05, 0.1) is 4.83 Å². The molecule has 56 valence electrons. The Labute approximate surface area is 72.8 Å². The Morgan fingerprint density at radius 2 is 2.45 bits per heavy atom. The van der Waals surface area contributed by atoms with Gasteiger partial charge in [-0.05, 0) is 18.1 Å². The van der Waals surface area contributed by atoms with Gasteiger partial charge < -0.3 is 0 Å². The van der Waals surface area contributed by atoms with Gasteiger partial charge >= 0.3 is 0 Å². The largest absolute Gasteiger partial charge is 0.291 e. The molecule has 0 spiro atoms. The first-order valence-electron chi connectivity index (χ1n) is 3.41. The van der Waals surface area contributed by atoms with E-state index in [1.165, 1.54) is 0 Å². The van der Waals surface area contributed by atoms with Crippen LogP contribution in [0.3, 0.4) is 0 Å². The van der Waals surface area contributed by atoms with Crippen molar-refractivity contribution in [2.75, 3.05) is 0 Å². The van der Waals surface area contributed by atoms with E-state index in [1.807, 2.05) is 12.1 Å². The average molecular weight is 212 g/mol. The van der Waals surface area contributed by atoms with E-state index in [9.17, 15) is 4.79 Å². The second-order valence-corrected chi connectivity index (χ2v) is 3.65. The van der Waals surface area contributed by atoms with Gasteiger partial charge in [-0.2, -0.15) is 0 Å². The molecule has 1 heterocycles. The molecule has 0 aliphatic heterocycles. The number of carbonyl (C=O) groups excluding carboxylic acids is 1. The molecule has 0 saturated heterocycles. The Bertz CT molecular complexity index is 311. The number of aromatic nitrogens is 1. The van der Waals surface area contributed by atoms with Crippen molar-refractivity contribution in [3.05, 3.63) is 29.6 Å². The molecule has 0 saturated carbocycles. The summed E-state index contributed by atoms with van der Waals surface area (Å²) in [5.41, 5.74) is 1.69. The molecule has 1 aliphatic rings. The highest BCUT2D eigenvalue weighted by Crippen LogP contribution is 2.24. The number of alkyl halides is 1. The summed E-state index contributed by atoms with van der Waals surface area (Å²) in [6.45, 7) is 0. The van der Waals surface area contributed by atoms with Gasteiger partial charge in [0.2, 0.25) is 0 Å². The highest BCUT2D eigenvalue weighted by atomic mass is 79.9. The van der Waals surface area contributed by atoms with E-state index in [4.69, 9.17) is 0 Å². The van der Waals surface area contributed by atoms with E-state index in [0.29, 0.717) is 5.69 Å². The van der Waals surface area contributed by atoms with Crippen molar-refractivity contribution in [2.24, 2.45) is 0 Å². The van der Waals surface area contributed by atoms with Gasteiger partial charge in [0.1, 0.15) is 5.69 Å². The number of halogens is 1. The minimum absolute atomic E-state index is 0.0487. The Hall–Kier alpha value is -0.700. The third-order valence-corrected chi connectivity index (χ3v) is 2.55. The minimum atomic E-state index is -0.0487. The molecule has 0 fully saturated rings. The molecular weight excluding hydrogens is 206 g/mol. The van der Waals surface area contributed by atoms with Gasteiger partial charge in [0, 0.05) is 6.20 Å². The van der Waals surface area contributed by atoms with Gasteiger partial charge in [-0.3, -0.25) is 9.78 Å². The van der Waals surface area contributed by atoms with Crippen LogP contribution in [0.1, 0.15) is 16.1 Å². The lowest BCUT2D eigenvalue weighted by molar-refractivity contribution is 0.0998. The topological polar surface area (TPSA) is 30.0 Å². The molecule has 3 heteroatoms. The highest BCUT2D eigenvalue weighted by Gasteiger charge is 2.28. The summed E-state index contributed by atoms with van der Waals surface area (Å²) >= 11 is 3.29. The lowest BCUT2D eigenvalue weighted by Gasteiger charge is -1.91. The third-order valence-electron chi connectivity index (χ3n) is 1.81. The lowest BCUT2D eigenvalue weighted by Crippen LogP contribution is -2.07. The predicted molar refractivity (Wildman–Crippen MR) is 45.0 cm³/mol. The van der Waals surface area contributed by atoms with Crippen LogP contribution < -0.4 is 0 Å². The highest BCUT2D eigenvalue weighted by molar-refractivity contribution is 9.10. The minimum Gasteiger partial charge on any atom is -0.291 e. The van der Waals surface area contributed by atoms with Crippen molar-refractivity contribution in [3.8, 4) is 0 Å². The molecule has 2 nitrogen and oxygen atoms in total. The number of carbonyl (C=O) groups is 1. The van der Waals surface area contributed by atoms with Crippen LogP contribution in [-0.4, -0.2) is 15.6 Å². The van der Waals surface area contributed by atoms with Crippen molar-refractivity contribution in [3.63, 3.8) is 0 Å². The molecule has 1 aliphatic carbocycles. The third kappa shape index (κ3) is 0.997. The van der Waals surface area contributed by atoms with E-state index in [0.717, 1.165) is 12.0 Å². The van der Waals surface area contributed by atoms with Crippen molar-refractivity contribution >= 4 is 21.7 Å². The van der Waals surface area contributed by atoms with Crippen LogP contribution in [0.5, 0.6) is 0 Å². The fourth-order valence-corrected chi connectivity index (χ4v) is 1.82. The zero-order chi connectivity index (χ0) is 7.84. The molecule has 0 amide bonds. The Balaban J connectivity index is 2.55. The molecule has 0 N–H and O–H groups in total. The second-order valence-electron chi connectivity index (χ2n) is 2.55. The number of rotatable bonds is 0. The summed E-state index contributed by atoms with van der Waals surface area (Å²) in [4.78, 5) is 15.2. The molecule has 1 unspecified atom stereocenters. The number of hydrogen-bond acceptors (Lipinski definition) is 2. The average Bonchev–Trinajstić information content (AvgIpc) is 2.30. The number of ketones is 1. The summed E-state index contributed by atoms with van der Waals surface area (Å²) in [7, 11) is 0. The summed E-state index contributed by atoms with van der Waals surface area (Å²) in [6.07, 6.45) is 2.43.